The molecule has 3 aliphatic rings. The number of aliphatic imine (C=N–C) groups is 2. The number of nitrogens with one attached hydrogen (secondary N) is 3. The first kappa shape index (κ1) is 28.5. The highest BCUT2D eigenvalue weighted by atomic mass is 35.5. The lowest BCUT2D eigenvalue weighted by molar-refractivity contribution is -0.125. The summed E-state index contributed by atoms with van der Waals surface area (Å²) in [5, 5.41) is 9.74. The Balaban J connectivity index is 1.25. The number of hydrogen-bond donors (Lipinski definition) is 3. The summed E-state index contributed by atoms with van der Waals surface area (Å²) in [7, 11) is -0.852. The van der Waals surface area contributed by atoms with Crippen molar-refractivity contribution in [2.45, 2.75) is 30.6 Å². The monoisotopic (exact) mass is 585 g/mol. The van der Waals surface area contributed by atoms with E-state index in [4.69, 9.17) is 21.3 Å². The van der Waals surface area contributed by atoms with E-state index in [0.717, 1.165) is 61.4 Å². The average molecular weight is 586 g/mol. The van der Waals surface area contributed by atoms with Crippen LogP contribution in [0.1, 0.15) is 12.8 Å². The number of piperidine rings is 1. The lowest BCUT2D eigenvalue weighted by atomic mass is 10.0. The maximum atomic E-state index is 12.8. The fourth-order valence-electron chi connectivity index (χ4n) is 5.42. The molecule has 2 unspecified atom stereocenters. The van der Waals surface area contributed by atoms with Gasteiger partial charge in [-0.1, -0.05) is 12.1 Å². The smallest absolute Gasteiger partial charge is 0.234 e. The van der Waals surface area contributed by atoms with Gasteiger partial charge in [-0.05, 0) is 50.4 Å². The van der Waals surface area contributed by atoms with E-state index in [0.29, 0.717) is 24.2 Å². The number of amides is 1. The molecule has 3 heterocycles. The van der Waals surface area contributed by atoms with Crippen LogP contribution in [0.15, 0.2) is 52.4 Å². The number of amidine groups is 1. The van der Waals surface area contributed by atoms with Crippen molar-refractivity contribution in [1.29, 1.82) is 0 Å². The number of methoxy groups -OCH3 is 1. The summed E-state index contributed by atoms with van der Waals surface area (Å²) in [6.45, 7) is 7.48. The van der Waals surface area contributed by atoms with Crippen LogP contribution in [0, 0.1) is 0 Å². The number of ether oxygens (including phenoxy) is 1. The van der Waals surface area contributed by atoms with Crippen LogP contribution in [0.3, 0.4) is 0 Å². The molecular weight excluding hydrogens is 549 g/mol. The van der Waals surface area contributed by atoms with E-state index < -0.39 is 18.8 Å². The molecule has 3 aliphatic heterocycles. The van der Waals surface area contributed by atoms with Crippen molar-refractivity contribution < 1.29 is 14.1 Å². The van der Waals surface area contributed by atoms with Gasteiger partial charge in [0.2, 0.25) is 12.2 Å². The molecule has 0 bridgehead atoms. The summed E-state index contributed by atoms with van der Waals surface area (Å²) in [6, 6.07) is 14.0. The highest BCUT2D eigenvalue weighted by Gasteiger charge is 2.28. The summed E-state index contributed by atoms with van der Waals surface area (Å²) >= 11 is 6.51. The molecule has 40 heavy (non-hydrogen) atoms. The van der Waals surface area contributed by atoms with Crippen LogP contribution in [0.25, 0.3) is 0 Å². The number of carbonyl (C=O) groups excluding carboxylic acids is 1. The average Bonchev–Trinajstić information content (AvgIpc) is 2.95. The number of hydrogen-bond acceptors (Lipinski definition) is 9. The van der Waals surface area contributed by atoms with Gasteiger partial charge in [0.1, 0.15) is 24.1 Å². The number of nitrogens with zero attached hydrogens (tertiary/aromatic N) is 4. The van der Waals surface area contributed by atoms with Gasteiger partial charge in [-0.2, -0.15) is 0 Å². The molecule has 214 valence electrons. The van der Waals surface area contributed by atoms with Crippen molar-refractivity contribution in [3.63, 3.8) is 0 Å². The van der Waals surface area contributed by atoms with Crippen molar-refractivity contribution in [3.8, 4) is 5.75 Å². The number of carbonyl (C=O) groups is 1. The van der Waals surface area contributed by atoms with Gasteiger partial charge >= 0.3 is 0 Å². The van der Waals surface area contributed by atoms with Crippen LogP contribution < -0.4 is 30.9 Å². The summed E-state index contributed by atoms with van der Waals surface area (Å²) in [5.74, 6) is 1.35. The first-order chi connectivity index (χ1) is 19.2. The van der Waals surface area contributed by atoms with Gasteiger partial charge in [0.05, 0.1) is 25.0 Å². The van der Waals surface area contributed by atoms with Crippen LogP contribution >= 0.6 is 18.7 Å². The molecule has 2 atom stereocenters. The van der Waals surface area contributed by atoms with Gasteiger partial charge < -0.3 is 30.2 Å². The second kappa shape index (κ2) is 12.2. The van der Waals surface area contributed by atoms with Crippen LogP contribution in [-0.2, 0) is 9.36 Å². The minimum atomic E-state index is -2.50. The molecule has 0 radical (unpaired) electrons. The number of alkyl halides is 1. The molecule has 2 aromatic rings. The van der Waals surface area contributed by atoms with Gasteiger partial charge in [-0.15, -0.1) is 11.6 Å². The fraction of sp³-hybridized carbons (Fsp3) is 0.464. The van der Waals surface area contributed by atoms with E-state index in [9.17, 15) is 9.36 Å². The SMILES string of the molecule is COc1cc(N2CCC(N3CCNC(=O)C3)CC2)ccc1NC1N=CC(Cl)C(Nc2ccccc2P(C)(C)=O)=N1. The number of para-hydroxylation sites is 1. The second-order valence-electron chi connectivity index (χ2n) is 10.6. The molecule has 0 aromatic heterocycles. The molecule has 10 nitrogen and oxygen atoms in total. The Morgan fingerprint density at radius 3 is 2.60 bits per heavy atom. The van der Waals surface area contributed by atoms with E-state index in [1.807, 2.05) is 36.4 Å². The second-order valence-corrected chi connectivity index (χ2v) is 14.3. The van der Waals surface area contributed by atoms with Crippen LogP contribution in [0.5, 0.6) is 5.75 Å². The molecule has 2 fully saturated rings. The Bertz CT molecular complexity index is 1340. The largest absolute Gasteiger partial charge is 0.495 e. The van der Waals surface area contributed by atoms with Crippen molar-refractivity contribution in [2.24, 2.45) is 9.98 Å². The van der Waals surface area contributed by atoms with Crippen molar-refractivity contribution in [2.75, 3.05) is 68.7 Å². The maximum Gasteiger partial charge on any atom is 0.234 e. The minimum absolute atomic E-state index is 0.121. The molecule has 3 N–H and O–H groups in total. The molecule has 2 aromatic carbocycles. The zero-order valence-corrected chi connectivity index (χ0v) is 24.8. The molecule has 0 aliphatic carbocycles. The first-order valence-electron chi connectivity index (χ1n) is 13.6. The Morgan fingerprint density at radius 2 is 1.88 bits per heavy atom. The van der Waals surface area contributed by atoms with E-state index in [1.165, 1.54) is 0 Å². The van der Waals surface area contributed by atoms with Gasteiger partial charge in [0.25, 0.3) is 0 Å². The van der Waals surface area contributed by atoms with Gasteiger partial charge in [-0.3, -0.25) is 9.69 Å². The van der Waals surface area contributed by atoms with Crippen LogP contribution in [0.4, 0.5) is 17.1 Å². The standard InChI is InChI=1S/C28H37ClN7O3P/c1-39-24-16-20(35-13-10-19(11-14-35)36-15-12-30-26(37)18-36)8-9-22(24)33-28-31-17-21(29)27(34-28)32-23-6-4-5-7-25(23)40(2,3)38/h4-9,16-17,19,21,28,33H,10-15,18H2,1-3H3,(H,30,37)(H,32,34). The predicted molar refractivity (Wildman–Crippen MR) is 165 cm³/mol. The summed E-state index contributed by atoms with van der Waals surface area (Å²) in [5.41, 5.74) is 2.59. The van der Waals surface area contributed by atoms with Crippen molar-refractivity contribution in [3.05, 3.63) is 42.5 Å². The molecule has 2 saturated heterocycles. The quantitative estimate of drug-likeness (QED) is 0.338. The Labute approximate surface area is 240 Å². The molecule has 5 rings (SSSR count). The molecule has 0 spiro atoms. The number of halogens is 1. The predicted octanol–water partition coefficient (Wildman–Crippen LogP) is 3.24. The van der Waals surface area contributed by atoms with Crippen molar-refractivity contribution >= 4 is 59.1 Å². The number of benzene rings is 2. The Hall–Kier alpha value is -3.07. The normalized spacial score (nSPS) is 22.4. The lowest BCUT2D eigenvalue weighted by Gasteiger charge is -2.40. The lowest BCUT2D eigenvalue weighted by Crippen LogP contribution is -2.54. The number of piperazine rings is 1. The zero-order chi connectivity index (χ0) is 28.3. The Morgan fingerprint density at radius 1 is 1.10 bits per heavy atom. The highest BCUT2D eigenvalue weighted by Crippen LogP contribution is 2.38. The van der Waals surface area contributed by atoms with Gasteiger partial charge in [-0.25, -0.2) is 9.98 Å². The van der Waals surface area contributed by atoms with Crippen molar-refractivity contribution in [1.82, 2.24) is 10.2 Å². The van der Waals surface area contributed by atoms with Gasteiger partial charge in [0.15, 0.2) is 0 Å². The fourth-order valence-corrected chi connectivity index (χ4v) is 6.75. The van der Waals surface area contributed by atoms with E-state index >= 15 is 0 Å². The molecule has 1 amide bonds. The van der Waals surface area contributed by atoms with Crippen LogP contribution in [0.2, 0.25) is 0 Å². The Kier molecular flexibility index (Phi) is 8.68. The first-order valence-corrected chi connectivity index (χ1v) is 16.6. The highest BCUT2D eigenvalue weighted by molar-refractivity contribution is 7.70. The van der Waals surface area contributed by atoms with Crippen LogP contribution in [-0.4, -0.2) is 93.7 Å². The topological polar surface area (TPSA) is 111 Å². The molecular formula is C28H37ClN7O3P. The molecule has 0 saturated carbocycles. The third-order valence-electron chi connectivity index (χ3n) is 7.51. The minimum Gasteiger partial charge on any atom is -0.495 e. The zero-order valence-electron chi connectivity index (χ0n) is 23.1. The number of anilines is 3. The third kappa shape index (κ3) is 6.62. The molecule has 12 heteroatoms. The maximum absolute atomic E-state index is 12.8. The van der Waals surface area contributed by atoms with E-state index in [2.05, 4.69) is 36.8 Å². The summed E-state index contributed by atoms with van der Waals surface area (Å²) in [4.78, 5) is 25.6. The van der Waals surface area contributed by atoms with Gasteiger partial charge in [0, 0.05) is 55.5 Å². The summed E-state index contributed by atoms with van der Waals surface area (Å²) < 4.78 is 18.5. The summed E-state index contributed by atoms with van der Waals surface area (Å²) in [6.07, 6.45) is 3.08. The van der Waals surface area contributed by atoms with E-state index in [1.54, 1.807) is 26.7 Å². The number of rotatable bonds is 7. The van der Waals surface area contributed by atoms with E-state index in [-0.39, 0.29) is 5.91 Å². The third-order valence-corrected chi connectivity index (χ3v) is 9.38.